The van der Waals surface area contributed by atoms with E-state index in [1.54, 1.807) is 0 Å². The fourth-order valence-electron chi connectivity index (χ4n) is 6.24. The van der Waals surface area contributed by atoms with E-state index in [0.717, 1.165) is 89.4 Å². The van der Waals surface area contributed by atoms with Gasteiger partial charge in [0.2, 0.25) is 11.9 Å². The zero-order chi connectivity index (χ0) is 27.3. The van der Waals surface area contributed by atoms with Crippen LogP contribution in [0, 0.1) is 11.8 Å². The van der Waals surface area contributed by atoms with Crippen LogP contribution in [0.2, 0.25) is 0 Å². The second-order valence-electron chi connectivity index (χ2n) is 11.5. The van der Waals surface area contributed by atoms with E-state index >= 15 is 0 Å². The molecule has 2 aromatic carbocycles. The smallest absolute Gasteiger partial charge is 0.226 e. The Morgan fingerprint density at radius 1 is 0.925 bits per heavy atom. The van der Waals surface area contributed by atoms with Crippen molar-refractivity contribution in [3.8, 4) is 5.75 Å². The third-order valence-electron chi connectivity index (χ3n) is 8.91. The highest BCUT2D eigenvalue weighted by molar-refractivity contribution is 5.81. The molecule has 1 aliphatic carbocycles. The van der Waals surface area contributed by atoms with Crippen molar-refractivity contribution in [1.82, 2.24) is 14.9 Å². The number of fused-ring (bicyclic) bond motifs is 1. The minimum Gasteiger partial charge on any atom is -0.493 e. The second-order valence-corrected chi connectivity index (χ2v) is 11.5. The van der Waals surface area contributed by atoms with Crippen LogP contribution in [0.1, 0.15) is 61.3 Å². The molecule has 3 aliphatic rings. The van der Waals surface area contributed by atoms with E-state index < -0.39 is 0 Å². The highest BCUT2D eigenvalue weighted by atomic mass is 16.5. The summed E-state index contributed by atoms with van der Waals surface area (Å²) in [7, 11) is 0. The van der Waals surface area contributed by atoms with Gasteiger partial charge in [-0.25, -0.2) is 9.97 Å². The van der Waals surface area contributed by atoms with Crippen LogP contribution in [0.25, 0.3) is 5.57 Å². The number of aryl methyl sites for hydroxylation is 1. The Balaban J connectivity index is 0.958. The minimum atomic E-state index is 0.102. The van der Waals surface area contributed by atoms with Crippen LogP contribution in [0.3, 0.4) is 0 Å². The molecule has 6 nitrogen and oxygen atoms in total. The lowest BCUT2D eigenvalue weighted by molar-refractivity contribution is -0.136. The summed E-state index contributed by atoms with van der Waals surface area (Å²) in [6.45, 7) is 6.41. The Hall–Kier alpha value is -3.67. The van der Waals surface area contributed by atoms with Crippen LogP contribution < -0.4 is 9.64 Å². The molecule has 1 amide bonds. The summed E-state index contributed by atoms with van der Waals surface area (Å²) >= 11 is 0. The number of nitrogens with zero attached hydrogens (tertiary/aromatic N) is 4. The van der Waals surface area contributed by atoms with Gasteiger partial charge in [-0.1, -0.05) is 49.4 Å². The first-order valence-corrected chi connectivity index (χ1v) is 15.0. The van der Waals surface area contributed by atoms with E-state index in [4.69, 9.17) is 4.74 Å². The fraction of sp³-hybridized carbons (Fsp3) is 0.441. The van der Waals surface area contributed by atoms with Gasteiger partial charge in [0.05, 0.1) is 6.61 Å². The summed E-state index contributed by atoms with van der Waals surface area (Å²) in [5, 5.41) is 0. The molecule has 0 saturated carbocycles. The molecule has 2 aliphatic heterocycles. The van der Waals surface area contributed by atoms with Crippen molar-refractivity contribution in [2.45, 2.75) is 58.4 Å². The van der Waals surface area contributed by atoms with Crippen molar-refractivity contribution in [3.63, 3.8) is 0 Å². The summed E-state index contributed by atoms with van der Waals surface area (Å²) in [5.74, 6) is 2.75. The van der Waals surface area contributed by atoms with Gasteiger partial charge in [0.1, 0.15) is 5.75 Å². The maximum Gasteiger partial charge on any atom is 0.226 e. The van der Waals surface area contributed by atoms with E-state index in [0.29, 0.717) is 11.8 Å². The maximum absolute atomic E-state index is 13.2. The van der Waals surface area contributed by atoms with Gasteiger partial charge in [0.15, 0.2) is 0 Å². The van der Waals surface area contributed by atoms with Gasteiger partial charge in [-0.3, -0.25) is 4.79 Å². The molecule has 3 aromatic rings. The lowest BCUT2D eigenvalue weighted by atomic mass is 9.85. The minimum absolute atomic E-state index is 0.102. The average Bonchev–Trinajstić information content (AvgIpc) is 3.04. The van der Waals surface area contributed by atoms with E-state index in [1.165, 1.54) is 27.8 Å². The highest BCUT2D eigenvalue weighted by Gasteiger charge is 2.28. The van der Waals surface area contributed by atoms with Gasteiger partial charge in [-0.15, -0.1) is 0 Å². The highest BCUT2D eigenvalue weighted by Crippen LogP contribution is 2.33. The molecule has 0 radical (unpaired) electrons. The van der Waals surface area contributed by atoms with Crippen molar-refractivity contribution in [2.75, 3.05) is 31.1 Å². The first-order chi connectivity index (χ1) is 19.7. The Morgan fingerprint density at radius 2 is 1.68 bits per heavy atom. The summed E-state index contributed by atoms with van der Waals surface area (Å²) < 4.78 is 6.18. The zero-order valence-corrected chi connectivity index (χ0v) is 23.6. The number of piperidine rings is 1. The SMILES string of the molecule is CCc1cnc(N2CCC(COc3ccc(C4=CCC(C(=O)N5CCc6ccccc6C5)CC4)cc3)CC2)nc1. The lowest BCUT2D eigenvalue weighted by Crippen LogP contribution is -2.40. The van der Waals surface area contributed by atoms with Gasteiger partial charge in [0, 0.05) is 44.5 Å². The van der Waals surface area contributed by atoms with Crippen LogP contribution in [0.15, 0.2) is 67.0 Å². The molecule has 1 atom stereocenters. The number of carbonyl (C=O) groups is 1. The summed E-state index contributed by atoms with van der Waals surface area (Å²) in [4.78, 5) is 26.7. The molecule has 0 N–H and O–H groups in total. The molecule has 6 heteroatoms. The van der Waals surface area contributed by atoms with E-state index in [9.17, 15) is 4.79 Å². The molecular formula is C34H40N4O2. The molecular weight excluding hydrogens is 496 g/mol. The predicted molar refractivity (Wildman–Crippen MR) is 159 cm³/mol. The second kappa shape index (κ2) is 12.2. The van der Waals surface area contributed by atoms with Crippen molar-refractivity contribution < 1.29 is 9.53 Å². The molecule has 0 spiro atoms. The van der Waals surface area contributed by atoms with Crippen molar-refractivity contribution in [3.05, 3.63) is 89.3 Å². The molecule has 1 saturated heterocycles. The molecule has 40 heavy (non-hydrogen) atoms. The Bertz CT molecular complexity index is 1330. The Morgan fingerprint density at radius 3 is 2.38 bits per heavy atom. The molecule has 0 bridgehead atoms. The standard InChI is InChI=1S/C34H40N4O2/c1-2-25-21-35-34(36-22-25)37-18-15-26(16-19-37)24-40-32-13-11-29(12-14-32)28-7-9-30(10-8-28)33(39)38-20-17-27-5-3-4-6-31(27)23-38/h3-7,11-14,21-22,26,30H,2,8-10,15-20,23-24H2,1H3. The van der Waals surface area contributed by atoms with E-state index in [2.05, 4.69) is 81.3 Å². The van der Waals surface area contributed by atoms with E-state index in [1.807, 2.05) is 12.4 Å². The zero-order valence-electron chi connectivity index (χ0n) is 23.6. The first kappa shape index (κ1) is 26.5. The van der Waals surface area contributed by atoms with Gasteiger partial charge in [-0.2, -0.15) is 0 Å². The predicted octanol–water partition coefficient (Wildman–Crippen LogP) is 6.10. The maximum atomic E-state index is 13.2. The lowest BCUT2D eigenvalue weighted by Gasteiger charge is -2.33. The number of anilines is 1. The molecule has 208 valence electrons. The van der Waals surface area contributed by atoms with E-state index in [-0.39, 0.29) is 5.92 Å². The molecule has 1 aromatic heterocycles. The molecule has 1 unspecified atom stereocenters. The van der Waals surface area contributed by atoms with Crippen LogP contribution in [0.4, 0.5) is 5.95 Å². The number of ether oxygens (including phenoxy) is 1. The topological polar surface area (TPSA) is 58.6 Å². The Labute approximate surface area is 238 Å². The number of amides is 1. The quantitative estimate of drug-likeness (QED) is 0.365. The van der Waals surface area contributed by atoms with Gasteiger partial charge >= 0.3 is 0 Å². The normalized spacial score (nSPS) is 19.6. The van der Waals surface area contributed by atoms with Crippen LogP contribution in [-0.2, 0) is 24.2 Å². The first-order valence-electron chi connectivity index (χ1n) is 15.0. The number of carbonyl (C=O) groups excluding carboxylic acids is 1. The summed E-state index contributed by atoms with van der Waals surface area (Å²) in [5.41, 5.74) is 6.46. The number of hydrogen-bond donors (Lipinski definition) is 0. The fourth-order valence-corrected chi connectivity index (χ4v) is 6.24. The summed E-state index contributed by atoms with van der Waals surface area (Å²) in [6, 6.07) is 17.0. The van der Waals surface area contributed by atoms with Gasteiger partial charge in [0.25, 0.3) is 0 Å². The number of hydrogen-bond acceptors (Lipinski definition) is 5. The number of allylic oxidation sites excluding steroid dienone is 2. The number of benzene rings is 2. The summed E-state index contributed by atoms with van der Waals surface area (Å²) in [6.07, 6.45) is 13.0. The van der Waals surface area contributed by atoms with Crippen molar-refractivity contribution in [1.29, 1.82) is 0 Å². The van der Waals surface area contributed by atoms with Gasteiger partial charge in [-0.05, 0) is 90.8 Å². The van der Waals surface area contributed by atoms with Gasteiger partial charge < -0.3 is 14.5 Å². The van der Waals surface area contributed by atoms with Crippen molar-refractivity contribution in [2.24, 2.45) is 11.8 Å². The third-order valence-corrected chi connectivity index (χ3v) is 8.91. The number of aromatic nitrogens is 2. The average molecular weight is 537 g/mol. The van der Waals surface area contributed by atoms with Crippen LogP contribution in [-0.4, -0.2) is 47.0 Å². The molecule has 3 heterocycles. The Kier molecular flexibility index (Phi) is 8.12. The largest absolute Gasteiger partial charge is 0.493 e. The molecule has 1 fully saturated rings. The number of rotatable bonds is 7. The monoisotopic (exact) mass is 536 g/mol. The van der Waals surface area contributed by atoms with Crippen LogP contribution in [0.5, 0.6) is 5.75 Å². The molecule has 6 rings (SSSR count). The van der Waals surface area contributed by atoms with Crippen LogP contribution >= 0.6 is 0 Å². The van der Waals surface area contributed by atoms with Crippen molar-refractivity contribution >= 4 is 17.4 Å². The third kappa shape index (κ3) is 6.06.